The number of hydrogen-bond donors (Lipinski definition) is 2. The third-order valence-corrected chi connectivity index (χ3v) is 5.51. The number of halogens is 1. The molecule has 0 saturated heterocycles. The molecule has 2 atom stereocenters. The zero-order valence-electron chi connectivity index (χ0n) is 18.6. The molecule has 3 rings (SSSR count). The van der Waals surface area contributed by atoms with E-state index < -0.39 is 6.04 Å². The topological polar surface area (TPSA) is 59.6 Å². The highest BCUT2D eigenvalue weighted by Gasteiger charge is 2.21. The molecular formula is C26H29FN2O3. The lowest BCUT2D eigenvalue weighted by Gasteiger charge is -2.22. The maximum atomic E-state index is 13.6. The van der Waals surface area contributed by atoms with E-state index >= 15 is 0 Å². The lowest BCUT2D eigenvalue weighted by Crippen LogP contribution is -2.36. The Balaban J connectivity index is 1.84. The van der Waals surface area contributed by atoms with Crippen LogP contribution in [-0.4, -0.2) is 33.7 Å². The highest BCUT2D eigenvalue weighted by atomic mass is 19.1. The molecule has 1 amide bonds. The van der Waals surface area contributed by atoms with Crippen LogP contribution in [-0.2, 0) is 4.79 Å². The van der Waals surface area contributed by atoms with Gasteiger partial charge in [0.05, 0.1) is 14.2 Å². The van der Waals surface area contributed by atoms with Crippen LogP contribution in [0.5, 0.6) is 11.5 Å². The molecule has 5 nitrogen and oxygen atoms in total. The van der Waals surface area contributed by atoms with Gasteiger partial charge >= 0.3 is 0 Å². The maximum Gasteiger partial charge on any atom is 0.241 e. The summed E-state index contributed by atoms with van der Waals surface area (Å²) in [5.74, 6) is 0.889. The van der Waals surface area contributed by atoms with Gasteiger partial charge in [-0.15, -0.1) is 0 Å². The Bertz CT molecular complexity index is 1010. The van der Waals surface area contributed by atoms with Gasteiger partial charge < -0.3 is 20.1 Å². The molecule has 2 N–H and O–H groups in total. The van der Waals surface area contributed by atoms with E-state index in [-0.39, 0.29) is 17.6 Å². The van der Waals surface area contributed by atoms with Gasteiger partial charge in [0.2, 0.25) is 5.91 Å². The number of carbonyl (C=O) groups is 1. The largest absolute Gasteiger partial charge is 0.493 e. The van der Waals surface area contributed by atoms with Crippen molar-refractivity contribution < 1.29 is 18.7 Å². The molecular weight excluding hydrogens is 407 g/mol. The predicted molar refractivity (Wildman–Crippen MR) is 124 cm³/mol. The minimum atomic E-state index is -0.458. The summed E-state index contributed by atoms with van der Waals surface area (Å²) < 4.78 is 24.4. The van der Waals surface area contributed by atoms with Crippen LogP contribution >= 0.6 is 0 Å². The molecule has 0 aliphatic rings. The summed E-state index contributed by atoms with van der Waals surface area (Å²) >= 11 is 0. The average Bonchev–Trinajstić information content (AvgIpc) is 2.84. The fourth-order valence-corrected chi connectivity index (χ4v) is 3.81. The first-order chi connectivity index (χ1) is 15.6. The highest BCUT2D eigenvalue weighted by molar-refractivity contribution is 5.82. The van der Waals surface area contributed by atoms with Crippen molar-refractivity contribution in [1.29, 1.82) is 0 Å². The molecule has 6 heteroatoms. The van der Waals surface area contributed by atoms with Gasteiger partial charge in [0.15, 0.2) is 11.5 Å². The van der Waals surface area contributed by atoms with E-state index in [0.29, 0.717) is 24.5 Å². The molecule has 0 aromatic heterocycles. The molecule has 3 aromatic rings. The van der Waals surface area contributed by atoms with Gasteiger partial charge in [-0.3, -0.25) is 4.79 Å². The molecule has 0 fully saturated rings. The Hall–Kier alpha value is -3.38. The monoisotopic (exact) mass is 436 g/mol. The Morgan fingerprint density at radius 2 is 1.53 bits per heavy atom. The van der Waals surface area contributed by atoms with Crippen molar-refractivity contribution in [2.75, 3.05) is 27.8 Å². The van der Waals surface area contributed by atoms with Crippen LogP contribution in [0.25, 0.3) is 0 Å². The van der Waals surface area contributed by atoms with E-state index in [2.05, 4.69) is 10.6 Å². The summed E-state index contributed by atoms with van der Waals surface area (Å²) in [7, 11) is 4.83. The van der Waals surface area contributed by atoms with Crippen LogP contribution in [0.3, 0.4) is 0 Å². The lowest BCUT2D eigenvalue weighted by molar-refractivity contribution is -0.122. The number of benzene rings is 3. The van der Waals surface area contributed by atoms with Gasteiger partial charge in [-0.05, 0) is 53.9 Å². The standard InChI is InChI=1S/C26H29FN2O3/c1-28-26(30)25(19-7-5-4-6-8-19)29-16-15-22(18-9-12-21(27)13-10-18)20-11-14-23(31-2)24(17-20)32-3/h4-14,17,22,25,29H,15-16H2,1-3H3,(H,28,30)/t22-,25-/m1/s1. The number of nitrogens with one attached hydrogen (secondary N) is 2. The van der Waals surface area contributed by atoms with E-state index in [1.807, 2.05) is 48.5 Å². The molecule has 0 bridgehead atoms. The molecule has 0 aliphatic carbocycles. The third-order valence-electron chi connectivity index (χ3n) is 5.51. The number of amides is 1. The summed E-state index contributed by atoms with van der Waals surface area (Å²) in [4.78, 5) is 12.5. The Kier molecular flexibility index (Phi) is 8.22. The van der Waals surface area contributed by atoms with E-state index in [1.54, 1.807) is 33.4 Å². The number of hydrogen-bond acceptors (Lipinski definition) is 4. The van der Waals surface area contributed by atoms with Crippen LogP contribution in [0.2, 0.25) is 0 Å². The van der Waals surface area contributed by atoms with Crippen molar-refractivity contribution >= 4 is 5.91 Å². The van der Waals surface area contributed by atoms with Crippen LogP contribution in [0.1, 0.15) is 35.1 Å². The third kappa shape index (κ3) is 5.65. The highest BCUT2D eigenvalue weighted by Crippen LogP contribution is 2.35. The molecule has 0 unspecified atom stereocenters. The van der Waals surface area contributed by atoms with Gasteiger partial charge in [0, 0.05) is 13.0 Å². The smallest absolute Gasteiger partial charge is 0.241 e. The number of carbonyl (C=O) groups excluding carboxylic acids is 1. The number of ether oxygens (including phenoxy) is 2. The van der Waals surface area contributed by atoms with Crippen molar-refractivity contribution in [2.45, 2.75) is 18.4 Å². The van der Waals surface area contributed by atoms with E-state index in [1.165, 1.54) is 12.1 Å². The average molecular weight is 437 g/mol. The van der Waals surface area contributed by atoms with E-state index in [0.717, 1.165) is 16.7 Å². The van der Waals surface area contributed by atoms with Crippen LogP contribution < -0.4 is 20.1 Å². The predicted octanol–water partition coefficient (Wildman–Crippen LogP) is 4.44. The van der Waals surface area contributed by atoms with Gasteiger partial charge in [-0.1, -0.05) is 48.5 Å². The minimum absolute atomic E-state index is 0.0241. The second kappa shape index (κ2) is 11.3. The van der Waals surface area contributed by atoms with Gasteiger partial charge in [0.25, 0.3) is 0 Å². The number of methoxy groups -OCH3 is 2. The second-order valence-corrected chi connectivity index (χ2v) is 7.42. The van der Waals surface area contributed by atoms with Crippen molar-refractivity contribution in [2.24, 2.45) is 0 Å². The molecule has 0 heterocycles. The minimum Gasteiger partial charge on any atom is -0.493 e. The first-order valence-electron chi connectivity index (χ1n) is 10.5. The Labute approximate surface area is 188 Å². The Morgan fingerprint density at radius 1 is 0.875 bits per heavy atom. The fourth-order valence-electron chi connectivity index (χ4n) is 3.81. The summed E-state index contributed by atoms with van der Waals surface area (Å²) in [6, 6.07) is 21.5. The van der Waals surface area contributed by atoms with Crippen molar-refractivity contribution in [3.8, 4) is 11.5 Å². The summed E-state index contributed by atoms with van der Waals surface area (Å²) in [6.45, 7) is 0.573. The van der Waals surface area contributed by atoms with Crippen molar-refractivity contribution in [3.05, 3.63) is 95.3 Å². The zero-order chi connectivity index (χ0) is 22.9. The van der Waals surface area contributed by atoms with Crippen molar-refractivity contribution in [3.63, 3.8) is 0 Å². The second-order valence-electron chi connectivity index (χ2n) is 7.42. The normalized spacial score (nSPS) is 12.6. The molecule has 0 spiro atoms. The number of likely N-dealkylation sites (N-methyl/N-ethyl adjacent to an activating group) is 1. The Morgan fingerprint density at radius 3 is 2.16 bits per heavy atom. The fraction of sp³-hybridized carbons (Fsp3) is 0.269. The SMILES string of the molecule is CNC(=O)[C@H](NCC[C@H](c1ccc(F)cc1)c1ccc(OC)c(OC)c1)c1ccccc1. The summed E-state index contributed by atoms with van der Waals surface area (Å²) in [5.41, 5.74) is 2.90. The molecule has 0 radical (unpaired) electrons. The van der Waals surface area contributed by atoms with E-state index in [9.17, 15) is 9.18 Å². The molecule has 3 aromatic carbocycles. The lowest BCUT2D eigenvalue weighted by atomic mass is 9.88. The van der Waals surface area contributed by atoms with E-state index in [4.69, 9.17) is 9.47 Å². The first-order valence-corrected chi connectivity index (χ1v) is 10.5. The van der Waals surface area contributed by atoms with Crippen LogP contribution in [0.15, 0.2) is 72.8 Å². The molecule has 0 saturated carbocycles. The maximum absolute atomic E-state index is 13.6. The summed E-state index contributed by atoms with van der Waals surface area (Å²) in [5, 5.41) is 6.10. The first kappa shape index (κ1) is 23.3. The number of rotatable bonds is 10. The van der Waals surface area contributed by atoms with Crippen molar-refractivity contribution in [1.82, 2.24) is 10.6 Å². The van der Waals surface area contributed by atoms with Gasteiger partial charge in [0.1, 0.15) is 11.9 Å². The van der Waals surface area contributed by atoms with Crippen LogP contribution in [0, 0.1) is 5.82 Å². The zero-order valence-corrected chi connectivity index (χ0v) is 18.6. The molecule has 168 valence electrons. The van der Waals surface area contributed by atoms with Crippen LogP contribution in [0.4, 0.5) is 4.39 Å². The molecule has 0 aliphatic heterocycles. The van der Waals surface area contributed by atoms with Gasteiger partial charge in [-0.25, -0.2) is 4.39 Å². The summed E-state index contributed by atoms with van der Waals surface area (Å²) in [6.07, 6.45) is 0.696. The molecule has 32 heavy (non-hydrogen) atoms. The quantitative estimate of drug-likeness (QED) is 0.493. The van der Waals surface area contributed by atoms with Gasteiger partial charge in [-0.2, -0.15) is 0 Å².